The fourth-order valence-corrected chi connectivity index (χ4v) is 2.12. The standard InChI is InChI=1S/C14H17NO/c1-3-6-14(16)15-10-9-11(2)12-7-4-5-8-13(12)15/h4-5,7-8H,2-3,6,9-10H2,1H3. The number of hydrogen-bond acceptors (Lipinski definition) is 1. The minimum absolute atomic E-state index is 0.224. The van der Waals surface area contributed by atoms with Crippen molar-refractivity contribution in [2.75, 3.05) is 11.4 Å². The van der Waals surface area contributed by atoms with E-state index in [1.807, 2.05) is 36.1 Å². The van der Waals surface area contributed by atoms with E-state index in [-0.39, 0.29) is 5.91 Å². The van der Waals surface area contributed by atoms with E-state index in [0.29, 0.717) is 6.42 Å². The summed E-state index contributed by atoms with van der Waals surface area (Å²) in [5, 5.41) is 0. The number of hydrogen-bond donors (Lipinski definition) is 0. The van der Waals surface area contributed by atoms with Gasteiger partial charge in [-0.1, -0.05) is 31.7 Å². The topological polar surface area (TPSA) is 20.3 Å². The lowest BCUT2D eigenvalue weighted by molar-refractivity contribution is -0.118. The highest BCUT2D eigenvalue weighted by Gasteiger charge is 2.22. The van der Waals surface area contributed by atoms with E-state index in [4.69, 9.17) is 0 Å². The van der Waals surface area contributed by atoms with Crippen molar-refractivity contribution in [3.05, 3.63) is 36.4 Å². The molecule has 1 aliphatic heterocycles. The molecule has 2 rings (SSSR count). The summed E-state index contributed by atoms with van der Waals surface area (Å²) in [6.45, 7) is 6.86. The van der Waals surface area contributed by atoms with Crippen molar-refractivity contribution in [1.29, 1.82) is 0 Å². The highest BCUT2D eigenvalue weighted by Crippen LogP contribution is 2.33. The Balaban J connectivity index is 2.34. The molecule has 2 heteroatoms. The van der Waals surface area contributed by atoms with Crippen molar-refractivity contribution in [3.63, 3.8) is 0 Å². The molecule has 0 aromatic heterocycles. The number of carbonyl (C=O) groups excluding carboxylic acids is 1. The lowest BCUT2D eigenvalue weighted by Crippen LogP contribution is -2.34. The maximum Gasteiger partial charge on any atom is 0.226 e. The smallest absolute Gasteiger partial charge is 0.226 e. The first kappa shape index (κ1) is 10.9. The third-order valence-corrected chi connectivity index (χ3v) is 2.98. The second kappa shape index (κ2) is 4.52. The molecule has 84 valence electrons. The van der Waals surface area contributed by atoms with Crippen molar-refractivity contribution in [2.45, 2.75) is 26.2 Å². The quantitative estimate of drug-likeness (QED) is 0.741. The molecule has 0 spiro atoms. The molecule has 1 heterocycles. The van der Waals surface area contributed by atoms with Crippen LogP contribution in [0, 0.1) is 0 Å². The number of para-hydroxylation sites is 1. The molecule has 0 unspecified atom stereocenters. The molecule has 1 aromatic rings. The predicted octanol–water partition coefficient (Wildman–Crippen LogP) is 3.24. The number of fused-ring (bicyclic) bond motifs is 1. The van der Waals surface area contributed by atoms with Crippen LogP contribution < -0.4 is 4.90 Å². The average Bonchev–Trinajstić information content (AvgIpc) is 2.30. The zero-order valence-corrected chi connectivity index (χ0v) is 9.70. The fourth-order valence-electron chi connectivity index (χ4n) is 2.12. The normalized spacial score (nSPS) is 14.8. The Labute approximate surface area is 96.6 Å². The Morgan fingerprint density at radius 2 is 2.19 bits per heavy atom. The molecule has 1 aromatic carbocycles. The van der Waals surface area contributed by atoms with Crippen LogP contribution in [0.1, 0.15) is 31.7 Å². The molecule has 0 bridgehead atoms. The van der Waals surface area contributed by atoms with Crippen molar-refractivity contribution in [1.82, 2.24) is 0 Å². The first-order valence-corrected chi connectivity index (χ1v) is 5.81. The van der Waals surface area contributed by atoms with Crippen LogP contribution in [0.5, 0.6) is 0 Å². The summed E-state index contributed by atoms with van der Waals surface area (Å²) in [6, 6.07) is 8.03. The summed E-state index contributed by atoms with van der Waals surface area (Å²) >= 11 is 0. The van der Waals surface area contributed by atoms with Crippen LogP contribution in [0.3, 0.4) is 0 Å². The van der Waals surface area contributed by atoms with E-state index in [1.54, 1.807) is 0 Å². The summed E-state index contributed by atoms with van der Waals surface area (Å²) in [7, 11) is 0. The lowest BCUT2D eigenvalue weighted by Gasteiger charge is -2.30. The Morgan fingerprint density at radius 3 is 2.94 bits per heavy atom. The highest BCUT2D eigenvalue weighted by molar-refractivity contribution is 5.98. The van der Waals surface area contributed by atoms with Crippen LogP contribution >= 0.6 is 0 Å². The number of carbonyl (C=O) groups is 1. The number of amides is 1. The van der Waals surface area contributed by atoms with E-state index < -0.39 is 0 Å². The Bertz CT molecular complexity index is 422. The molecule has 0 saturated carbocycles. The largest absolute Gasteiger partial charge is 0.311 e. The van der Waals surface area contributed by atoms with E-state index in [1.165, 1.54) is 0 Å². The summed E-state index contributed by atoms with van der Waals surface area (Å²) in [6.07, 6.45) is 2.41. The molecule has 0 aliphatic carbocycles. The Kier molecular flexibility index (Phi) is 3.09. The number of anilines is 1. The number of nitrogens with zero attached hydrogens (tertiary/aromatic N) is 1. The number of benzene rings is 1. The fraction of sp³-hybridized carbons (Fsp3) is 0.357. The van der Waals surface area contributed by atoms with E-state index >= 15 is 0 Å². The van der Waals surface area contributed by atoms with Crippen LogP contribution in [-0.2, 0) is 4.79 Å². The minimum atomic E-state index is 0.224. The van der Waals surface area contributed by atoms with Crippen LogP contribution in [0.2, 0.25) is 0 Å². The molecule has 0 fully saturated rings. The molecular weight excluding hydrogens is 198 g/mol. The molecule has 0 saturated heterocycles. The van der Waals surface area contributed by atoms with Crippen molar-refractivity contribution < 1.29 is 4.79 Å². The van der Waals surface area contributed by atoms with Gasteiger partial charge in [0.2, 0.25) is 5.91 Å². The minimum Gasteiger partial charge on any atom is -0.311 e. The van der Waals surface area contributed by atoms with Crippen LogP contribution in [0.4, 0.5) is 5.69 Å². The summed E-state index contributed by atoms with van der Waals surface area (Å²) in [5.74, 6) is 0.224. The van der Waals surface area contributed by atoms with Gasteiger partial charge in [-0.25, -0.2) is 0 Å². The van der Waals surface area contributed by atoms with E-state index in [9.17, 15) is 4.79 Å². The number of rotatable bonds is 2. The molecule has 0 atom stereocenters. The zero-order chi connectivity index (χ0) is 11.5. The van der Waals surface area contributed by atoms with Crippen LogP contribution in [0.15, 0.2) is 30.8 Å². The van der Waals surface area contributed by atoms with E-state index in [0.717, 1.165) is 36.2 Å². The molecule has 0 radical (unpaired) electrons. The van der Waals surface area contributed by atoms with Crippen molar-refractivity contribution in [2.24, 2.45) is 0 Å². The van der Waals surface area contributed by atoms with Gasteiger partial charge in [0.15, 0.2) is 0 Å². The van der Waals surface area contributed by atoms with E-state index in [2.05, 4.69) is 6.58 Å². The van der Waals surface area contributed by atoms with Gasteiger partial charge in [-0.2, -0.15) is 0 Å². The second-order valence-corrected chi connectivity index (χ2v) is 4.17. The maximum absolute atomic E-state index is 12.0. The van der Waals surface area contributed by atoms with Crippen LogP contribution in [0.25, 0.3) is 5.57 Å². The molecule has 1 aliphatic rings. The summed E-state index contributed by atoms with van der Waals surface area (Å²) in [4.78, 5) is 13.9. The second-order valence-electron chi connectivity index (χ2n) is 4.17. The van der Waals surface area contributed by atoms with Gasteiger partial charge >= 0.3 is 0 Å². The van der Waals surface area contributed by atoms with Crippen molar-refractivity contribution in [3.8, 4) is 0 Å². The molecule has 2 nitrogen and oxygen atoms in total. The summed E-state index contributed by atoms with van der Waals surface area (Å²) in [5.41, 5.74) is 3.28. The first-order valence-electron chi connectivity index (χ1n) is 5.81. The zero-order valence-electron chi connectivity index (χ0n) is 9.70. The monoisotopic (exact) mass is 215 g/mol. The summed E-state index contributed by atoms with van der Waals surface area (Å²) < 4.78 is 0. The first-order chi connectivity index (χ1) is 7.74. The Hall–Kier alpha value is -1.57. The lowest BCUT2D eigenvalue weighted by atomic mass is 9.97. The van der Waals surface area contributed by atoms with Gasteiger partial charge < -0.3 is 4.90 Å². The predicted molar refractivity (Wildman–Crippen MR) is 67.4 cm³/mol. The van der Waals surface area contributed by atoms with Gasteiger partial charge in [0, 0.05) is 18.5 Å². The maximum atomic E-state index is 12.0. The molecular formula is C14H17NO. The molecule has 16 heavy (non-hydrogen) atoms. The molecule has 0 N–H and O–H groups in total. The van der Waals surface area contributed by atoms with Gasteiger partial charge in [0.25, 0.3) is 0 Å². The van der Waals surface area contributed by atoms with Gasteiger partial charge in [-0.05, 0) is 24.5 Å². The van der Waals surface area contributed by atoms with Gasteiger partial charge in [0.05, 0.1) is 5.69 Å². The SMILES string of the molecule is C=C1CCN(C(=O)CCC)c2ccccc21. The van der Waals surface area contributed by atoms with Crippen molar-refractivity contribution >= 4 is 17.2 Å². The van der Waals surface area contributed by atoms with Gasteiger partial charge in [-0.3, -0.25) is 4.79 Å². The van der Waals surface area contributed by atoms with Gasteiger partial charge in [-0.15, -0.1) is 0 Å². The Morgan fingerprint density at radius 1 is 1.44 bits per heavy atom. The third kappa shape index (κ3) is 1.87. The average molecular weight is 215 g/mol. The highest BCUT2D eigenvalue weighted by atomic mass is 16.2. The third-order valence-electron chi connectivity index (χ3n) is 2.98. The molecule has 1 amide bonds. The van der Waals surface area contributed by atoms with Crippen LogP contribution in [-0.4, -0.2) is 12.5 Å². The van der Waals surface area contributed by atoms with Gasteiger partial charge in [0.1, 0.15) is 0 Å².